The fourth-order valence-corrected chi connectivity index (χ4v) is 4.14. The Kier molecular flexibility index (Phi) is 13.0. The van der Waals surface area contributed by atoms with Crippen molar-refractivity contribution in [1.82, 2.24) is 21.3 Å². The van der Waals surface area contributed by atoms with Crippen molar-refractivity contribution in [2.24, 2.45) is 22.4 Å². The van der Waals surface area contributed by atoms with Gasteiger partial charge in [0.15, 0.2) is 12.0 Å². The Labute approximate surface area is 244 Å². The third-order valence-electron chi connectivity index (χ3n) is 6.23. The van der Waals surface area contributed by atoms with Crippen LogP contribution < -0.4 is 32.7 Å². The van der Waals surface area contributed by atoms with Crippen LogP contribution in [-0.2, 0) is 24.0 Å². The molecular formula is C29H39N7O6. The second-order valence-electron chi connectivity index (χ2n) is 9.98. The average molecular weight is 582 g/mol. The number of aliphatic carboxylic acids is 1. The summed E-state index contributed by atoms with van der Waals surface area (Å²) in [4.78, 5) is 67.8. The van der Waals surface area contributed by atoms with E-state index in [1.54, 1.807) is 74.5 Å². The van der Waals surface area contributed by atoms with E-state index in [4.69, 9.17) is 11.5 Å². The molecule has 4 amide bonds. The van der Waals surface area contributed by atoms with E-state index in [0.29, 0.717) is 17.5 Å². The molecule has 0 aromatic heterocycles. The predicted molar refractivity (Wildman–Crippen MR) is 157 cm³/mol. The number of nitrogens with zero attached hydrogens (tertiary/aromatic N) is 1. The van der Waals surface area contributed by atoms with Crippen molar-refractivity contribution in [3.05, 3.63) is 71.8 Å². The minimum atomic E-state index is -1.33. The number of carboxylic acid groups (broad SMARTS) is 1. The Balaban J connectivity index is 2.27. The van der Waals surface area contributed by atoms with E-state index >= 15 is 0 Å². The summed E-state index contributed by atoms with van der Waals surface area (Å²) in [5.41, 5.74) is 11.5. The van der Waals surface area contributed by atoms with Crippen LogP contribution in [0.3, 0.4) is 0 Å². The summed E-state index contributed by atoms with van der Waals surface area (Å²) in [5.74, 6) is -4.27. The highest BCUT2D eigenvalue weighted by Crippen LogP contribution is 2.17. The molecule has 0 saturated carbocycles. The molecule has 0 fully saturated rings. The van der Waals surface area contributed by atoms with E-state index in [2.05, 4.69) is 26.3 Å². The van der Waals surface area contributed by atoms with Gasteiger partial charge in [-0.05, 0) is 29.9 Å². The molecule has 0 saturated heterocycles. The standard InChI is InChI=1S/C29H39N7O6/c1-17(2)22(26(39)36-24(28(41)42)20-13-8-5-9-14-20)34-27(40)23(19-11-6-4-7-12-19)35-25(38)21(33-18(3)37)15-10-16-32-29(30)31/h4-9,11-14,17,21-24H,10,15-16H2,1-3H3,(H,33,37)(H,34,40)(H,35,38)(H,36,39)(H,41,42)(H4,30,31,32)/t21-,22-,23?,24?/m0/s1. The zero-order valence-corrected chi connectivity index (χ0v) is 23.9. The summed E-state index contributed by atoms with van der Waals surface area (Å²) in [5, 5.41) is 20.2. The van der Waals surface area contributed by atoms with E-state index in [1.807, 2.05) is 0 Å². The van der Waals surface area contributed by atoms with E-state index in [-0.39, 0.29) is 18.9 Å². The van der Waals surface area contributed by atoms with Crippen molar-refractivity contribution in [3.63, 3.8) is 0 Å². The molecule has 4 atom stereocenters. The van der Waals surface area contributed by atoms with Gasteiger partial charge in [-0.2, -0.15) is 0 Å². The topological polar surface area (TPSA) is 218 Å². The molecule has 2 unspecified atom stereocenters. The largest absolute Gasteiger partial charge is 0.479 e. The number of carbonyl (C=O) groups excluding carboxylic acids is 4. The summed E-state index contributed by atoms with van der Waals surface area (Å²) >= 11 is 0. The molecule has 0 heterocycles. The van der Waals surface area contributed by atoms with Gasteiger partial charge in [0.25, 0.3) is 0 Å². The van der Waals surface area contributed by atoms with Crippen LogP contribution in [0.4, 0.5) is 0 Å². The Hall–Kier alpha value is -4.94. The first-order valence-corrected chi connectivity index (χ1v) is 13.5. The SMILES string of the molecule is CC(=O)N[C@@H](CCCN=C(N)N)C(=O)NC(C(=O)N[C@H](C(=O)NC(C(=O)O)c1ccccc1)C(C)C)c1ccccc1. The number of hydrogen-bond donors (Lipinski definition) is 7. The third-order valence-corrected chi connectivity index (χ3v) is 6.23. The van der Waals surface area contributed by atoms with Gasteiger partial charge in [0.1, 0.15) is 18.1 Å². The van der Waals surface area contributed by atoms with E-state index in [1.165, 1.54) is 6.92 Å². The van der Waals surface area contributed by atoms with Crippen LogP contribution in [0.1, 0.15) is 56.8 Å². The molecule has 0 aliphatic heterocycles. The average Bonchev–Trinajstić information content (AvgIpc) is 2.94. The first-order valence-electron chi connectivity index (χ1n) is 13.5. The fourth-order valence-electron chi connectivity index (χ4n) is 4.14. The predicted octanol–water partition coefficient (Wildman–Crippen LogP) is 0.485. The number of nitrogens with two attached hydrogens (primary N) is 2. The first-order chi connectivity index (χ1) is 19.9. The minimum Gasteiger partial charge on any atom is -0.479 e. The maximum Gasteiger partial charge on any atom is 0.330 e. The van der Waals surface area contributed by atoms with Crippen LogP contribution in [0.25, 0.3) is 0 Å². The van der Waals surface area contributed by atoms with Gasteiger partial charge in [-0.1, -0.05) is 74.5 Å². The number of carboxylic acids is 1. The molecule has 2 rings (SSSR count). The zero-order chi connectivity index (χ0) is 31.2. The maximum atomic E-state index is 13.6. The van der Waals surface area contributed by atoms with Crippen molar-refractivity contribution >= 4 is 35.6 Å². The number of rotatable bonds is 15. The van der Waals surface area contributed by atoms with Crippen molar-refractivity contribution in [3.8, 4) is 0 Å². The molecule has 13 nitrogen and oxygen atoms in total. The van der Waals surface area contributed by atoms with Gasteiger partial charge in [-0.25, -0.2) is 4.79 Å². The molecule has 0 radical (unpaired) electrons. The third kappa shape index (κ3) is 10.6. The molecule has 2 aromatic carbocycles. The Morgan fingerprint density at radius 2 is 1.29 bits per heavy atom. The monoisotopic (exact) mass is 581 g/mol. The molecular weight excluding hydrogens is 542 g/mol. The van der Waals surface area contributed by atoms with Gasteiger partial charge in [0, 0.05) is 13.5 Å². The molecule has 0 spiro atoms. The normalized spacial score (nSPS) is 13.5. The van der Waals surface area contributed by atoms with Crippen LogP contribution in [-0.4, -0.2) is 59.3 Å². The van der Waals surface area contributed by atoms with Gasteiger partial charge in [-0.15, -0.1) is 0 Å². The zero-order valence-electron chi connectivity index (χ0n) is 23.9. The van der Waals surface area contributed by atoms with E-state index in [0.717, 1.165) is 0 Å². The molecule has 0 aliphatic rings. The van der Waals surface area contributed by atoms with Gasteiger partial charge in [0.05, 0.1) is 0 Å². The fraction of sp³-hybridized carbons (Fsp3) is 0.379. The highest BCUT2D eigenvalue weighted by Gasteiger charge is 2.33. The number of carbonyl (C=O) groups is 5. The number of amides is 4. The quantitative estimate of drug-likeness (QED) is 0.0889. The second kappa shape index (κ2) is 16.4. The molecule has 226 valence electrons. The van der Waals surface area contributed by atoms with Crippen molar-refractivity contribution in [2.45, 2.75) is 57.8 Å². The van der Waals surface area contributed by atoms with Crippen molar-refractivity contribution < 1.29 is 29.1 Å². The lowest BCUT2D eigenvalue weighted by molar-refractivity contribution is -0.142. The van der Waals surface area contributed by atoms with E-state index in [9.17, 15) is 29.1 Å². The first kappa shape index (κ1) is 33.3. The van der Waals surface area contributed by atoms with Crippen molar-refractivity contribution in [2.75, 3.05) is 6.54 Å². The Morgan fingerprint density at radius 3 is 1.76 bits per heavy atom. The second-order valence-corrected chi connectivity index (χ2v) is 9.98. The maximum absolute atomic E-state index is 13.6. The molecule has 9 N–H and O–H groups in total. The minimum absolute atomic E-state index is 0.0986. The number of nitrogens with one attached hydrogen (secondary N) is 4. The lowest BCUT2D eigenvalue weighted by atomic mass is 9.99. The van der Waals surface area contributed by atoms with Crippen LogP contribution in [0, 0.1) is 5.92 Å². The Bertz CT molecular complexity index is 1250. The number of aliphatic imine (C=N–C) groups is 1. The number of hydrogen-bond acceptors (Lipinski definition) is 6. The van der Waals surface area contributed by atoms with Crippen LogP contribution >= 0.6 is 0 Å². The number of guanidine groups is 1. The molecule has 0 bridgehead atoms. The van der Waals surface area contributed by atoms with Gasteiger partial charge >= 0.3 is 5.97 Å². The lowest BCUT2D eigenvalue weighted by Crippen LogP contribution is -2.55. The molecule has 0 aliphatic carbocycles. The summed E-state index contributed by atoms with van der Waals surface area (Å²) in [6.07, 6.45) is 0.568. The smallest absolute Gasteiger partial charge is 0.330 e. The van der Waals surface area contributed by atoms with Crippen LogP contribution in [0.2, 0.25) is 0 Å². The Morgan fingerprint density at radius 1 is 0.762 bits per heavy atom. The summed E-state index contributed by atoms with van der Waals surface area (Å²) in [6, 6.07) is 11.9. The lowest BCUT2D eigenvalue weighted by Gasteiger charge is -2.28. The highest BCUT2D eigenvalue weighted by atomic mass is 16.4. The molecule has 2 aromatic rings. The molecule has 42 heavy (non-hydrogen) atoms. The van der Waals surface area contributed by atoms with Gasteiger partial charge < -0.3 is 37.8 Å². The van der Waals surface area contributed by atoms with Gasteiger partial charge in [0.2, 0.25) is 23.6 Å². The van der Waals surface area contributed by atoms with Crippen LogP contribution in [0.15, 0.2) is 65.7 Å². The highest BCUT2D eigenvalue weighted by molar-refractivity contribution is 5.95. The molecule has 13 heteroatoms. The number of benzene rings is 2. The summed E-state index contributed by atoms with van der Waals surface area (Å²) in [7, 11) is 0. The van der Waals surface area contributed by atoms with Crippen LogP contribution in [0.5, 0.6) is 0 Å². The summed E-state index contributed by atoms with van der Waals surface area (Å²) in [6.45, 7) is 4.90. The summed E-state index contributed by atoms with van der Waals surface area (Å²) < 4.78 is 0. The van der Waals surface area contributed by atoms with Gasteiger partial charge in [-0.3, -0.25) is 24.2 Å². The van der Waals surface area contributed by atoms with E-state index < -0.39 is 59.7 Å². The van der Waals surface area contributed by atoms with Crippen molar-refractivity contribution in [1.29, 1.82) is 0 Å².